The second-order valence-corrected chi connectivity index (χ2v) is 6.32. The van der Waals surface area contributed by atoms with Gasteiger partial charge in [-0.25, -0.2) is 4.98 Å². The van der Waals surface area contributed by atoms with E-state index in [9.17, 15) is 4.79 Å². The van der Waals surface area contributed by atoms with Crippen molar-refractivity contribution in [1.29, 1.82) is 0 Å². The van der Waals surface area contributed by atoms with Crippen molar-refractivity contribution < 1.29 is 9.53 Å². The highest BCUT2D eigenvalue weighted by atomic mass is 35.5. The van der Waals surface area contributed by atoms with E-state index < -0.39 is 0 Å². The average molecular weight is 358 g/mol. The third-order valence-electron chi connectivity index (χ3n) is 3.92. The third kappa shape index (κ3) is 3.46. The monoisotopic (exact) mass is 357 g/mol. The molecule has 130 valence electrons. The number of benzene rings is 1. The minimum atomic E-state index is -0.296. The Morgan fingerprint density at radius 3 is 2.96 bits per heavy atom. The van der Waals surface area contributed by atoms with E-state index in [4.69, 9.17) is 16.3 Å². The number of aryl methyl sites for hydroxylation is 2. The molecule has 2 heterocycles. The van der Waals surface area contributed by atoms with Gasteiger partial charge in [0.05, 0.1) is 17.2 Å². The summed E-state index contributed by atoms with van der Waals surface area (Å²) in [5.74, 6) is 0.425. The lowest BCUT2D eigenvalue weighted by Crippen LogP contribution is -2.13. The van der Waals surface area contributed by atoms with Gasteiger partial charge >= 0.3 is 0 Å². The van der Waals surface area contributed by atoms with E-state index in [1.165, 1.54) is 6.20 Å². The van der Waals surface area contributed by atoms with E-state index in [1.54, 1.807) is 6.07 Å². The van der Waals surface area contributed by atoms with Crippen molar-refractivity contribution in [1.82, 2.24) is 9.55 Å². The van der Waals surface area contributed by atoms with Crippen molar-refractivity contribution in [3.8, 4) is 5.75 Å². The highest BCUT2D eigenvalue weighted by molar-refractivity contribution is 6.39. The molecule has 1 N–H and O–H groups in total. The Kier molecular flexibility index (Phi) is 4.95. The van der Waals surface area contributed by atoms with Gasteiger partial charge in [0.15, 0.2) is 0 Å². The van der Waals surface area contributed by atoms with Gasteiger partial charge in [-0.05, 0) is 31.0 Å². The van der Waals surface area contributed by atoms with Crippen LogP contribution in [0.2, 0.25) is 5.02 Å². The van der Waals surface area contributed by atoms with Gasteiger partial charge in [0.25, 0.3) is 5.91 Å². The van der Waals surface area contributed by atoms with Gasteiger partial charge in [-0.1, -0.05) is 24.6 Å². The minimum Gasteiger partial charge on any atom is -0.494 e. The first kappa shape index (κ1) is 17.3. The quantitative estimate of drug-likeness (QED) is 0.727. The number of rotatable bonds is 5. The number of anilines is 1. The van der Waals surface area contributed by atoms with E-state index in [0.29, 0.717) is 22.9 Å². The summed E-state index contributed by atoms with van der Waals surface area (Å²) >= 11 is 6.48. The van der Waals surface area contributed by atoms with Crippen LogP contribution < -0.4 is 10.1 Å². The van der Waals surface area contributed by atoms with Crippen LogP contribution in [0, 0.1) is 6.92 Å². The maximum absolute atomic E-state index is 12.6. The molecule has 0 unspecified atom stereocenters. The molecule has 0 saturated heterocycles. The first-order valence-electron chi connectivity index (χ1n) is 8.15. The molecule has 0 saturated carbocycles. The summed E-state index contributed by atoms with van der Waals surface area (Å²) in [5, 5.41) is 4.08. The van der Waals surface area contributed by atoms with Crippen LogP contribution in [0.5, 0.6) is 5.75 Å². The van der Waals surface area contributed by atoms with Crippen molar-refractivity contribution in [3.63, 3.8) is 0 Å². The number of hydrogen-bond donors (Lipinski definition) is 1. The number of pyridine rings is 1. The Morgan fingerprint density at radius 2 is 2.20 bits per heavy atom. The molecular weight excluding hydrogens is 338 g/mol. The lowest BCUT2D eigenvalue weighted by atomic mass is 10.1. The molecule has 1 amide bonds. The Morgan fingerprint density at radius 1 is 1.40 bits per heavy atom. The first-order chi connectivity index (χ1) is 12.0. The first-order valence-corrected chi connectivity index (χ1v) is 8.53. The Bertz CT molecular complexity index is 934. The number of amides is 1. The van der Waals surface area contributed by atoms with E-state index in [-0.39, 0.29) is 5.91 Å². The number of hydrogen-bond acceptors (Lipinski definition) is 3. The number of nitrogens with zero attached hydrogens (tertiary/aromatic N) is 2. The number of aromatic nitrogens is 2. The van der Waals surface area contributed by atoms with Crippen LogP contribution in [0.4, 0.5) is 5.69 Å². The molecule has 0 spiro atoms. The SMILES string of the molecule is CCCOc1cccc(NC(=O)c2cnc3c(c(C)cn3C)c2Cl)c1. The van der Waals surface area contributed by atoms with Crippen LogP contribution in [0.1, 0.15) is 29.3 Å². The highest BCUT2D eigenvalue weighted by Gasteiger charge is 2.17. The molecule has 25 heavy (non-hydrogen) atoms. The molecule has 0 atom stereocenters. The number of carbonyl (C=O) groups is 1. The molecule has 0 aliphatic rings. The predicted molar refractivity (Wildman–Crippen MR) is 101 cm³/mol. The number of carbonyl (C=O) groups excluding carboxylic acids is 1. The van der Waals surface area contributed by atoms with Crippen molar-refractivity contribution >= 4 is 34.2 Å². The smallest absolute Gasteiger partial charge is 0.258 e. The van der Waals surface area contributed by atoms with Gasteiger partial charge in [0, 0.05) is 36.6 Å². The maximum atomic E-state index is 12.6. The minimum absolute atomic E-state index is 0.296. The van der Waals surface area contributed by atoms with Crippen molar-refractivity contribution in [2.75, 3.05) is 11.9 Å². The summed E-state index contributed by atoms with van der Waals surface area (Å²) in [6.07, 6.45) is 4.38. The molecule has 0 aliphatic heterocycles. The maximum Gasteiger partial charge on any atom is 0.258 e. The molecule has 0 aliphatic carbocycles. The number of fused-ring (bicyclic) bond motifs is 1. The summed E-state index contributed by atoms with van der Waals surface area (Å²) < 4.78 is 7.49. The lowest BCUT2D eigenvalue weighted by Gasteiger charge is -2.10. The topological polar surface area (TPSA) is 56.1 Å². The van der Waals surface area contributed by atoms with Gasteiger partial charge in [0.2, 0.25) is 0 Å². The lowest BCUT2D eigenvalue weighted by molar-refractivity contribution is 0.102. The zero-order chi connectivity index (χ0) is 18.0. The summed E-state index contributed by atoms with van der Waals surface area (Å²) in [4.78, 5) is 17.0. The fraction of sp³-hybridized carbons (Fsp3) is 0.263. The molecule has 0 fully saturated rings. The summed E-state index contributed by atoms with van der Waals surface area (Å²) in [6, 6.07) is 7.30. The fourth-order valence-corrected chi connectivity index (χ4v) is 3.12. The van der Waals surface area contributed by atoms with Crippen LogP contribution in [0.15, 0.2) is 36.7 Å². The summed E-state index contributed by atoms with van der Waals surface area (Å²) in [6.45, 7) is 4.63. The van der Waals surface area contributed by atoms with Crippen molar-refractivity contribution in [2.45, 2.75) is 20.3 Å². The highest BCUT2D eigenvalue weighted by Crippen LogP contribution is 2.30. The van der Waals surface area contributed by atoms with Gasteiger partial charge in [-0.3, -0.25) is 4.79 Å². The zero-order valence-corrected chi connectivity index (χ0v) is 15.2. The van der Waals surface area contributed by atoms with Crippen molar-refractivity contribution in [3.05, 3.63) is 52.8 Å². The second-order valence-electron chi connectivity index (χ2n) is 5.94. The van der Waals surface area contributed by atoms with E-state index >= 15 is 0 Å². The van der Waals surface area contributed by atoms with Gasteiger partial charge in [-0.2, -0.15) is 0 Å². The van der Waals surface area contributed by atoms with Crippen LogP contribution in [-0.4, -0.2) is 22.1 Å². The predicted octanol–water partition coefficient (Wildman–Crippen LogP) is 4.58. The number of ether oxygens (including phenoxy) is 1. The number of nitrogens with one attached hydrogen (secondary N) is 1. The Labute approximate surface area is 151 Å². The zero-order valence-electron chi connectivity index (χ0n) is 14.5. The average Bonchev–Trinajstić information content (AvgIpc) is 2.88. The van der Waals surface area contributed by atoms with Crippen LogP contribution in [0.3, 0.4) is 0 Å². The van der Waals surface area contributed by atoms with Gasteiger partial charge in [-0.15, -0.1) is 0 Å². The largest absolute Gasteiger partial charge is 0.494 e. The summed E-state index contributed by atoms with van der Waals surface area (Å²) in [7, 11) is 1.90. The molecule has 1 aromatic carbocycles. The van der Waals surface area contributed by atoms with Crippen LogP contribution in [-0.2, 0) is 7.05 Å². The molecular formula is C19H20ClN3O2. The van der Waals surface area contributed by atoms with E-state index in [0.717, 1.165) is 28.8 Å². The van der Waals surface area contributed by atoms with Crippen LogP contribution >= 0.6 is 11.6 Å². The normalized spacial score (nSPS) is 10.9. The number of halogens is 1. The fourth-order valence-electron chi connectivity index (χ4n) is 2.75. The molecule has 6 heteroatoms. The van der Waals surface area contributed by atoms with Gasteiger partial charge in [0.1, 0.15) is 11.4 Å². The Hall–Kier alpha value is -2.53. The van der Waals surface area contributed by atoms with Gasteiger partial charge < -0.3 is 14.6 Å². The molecule has 3 rings (SSSR count). The molecule has 3 aromatic rings. The Balaban J connectivity index is 1.88. The standard InChI is InChI=1S/C19H20ClN3O2/c1-4-8-25-14-7-5-6-13(9-14)22-19(24)15-10-21-18-16(17(15)20)12(2)11-23(18)3/h5-7,9-11H,4,8H2,1-3H3,(H,22,24). The molecule has 2 aromatic heterocycles. The molecule has 0 radical (unpaired) electrons. The van der Waals surface area contributed by atoms with E-state index in [2.05, 4.69) is 10.3 Å². The third-order valence-corrected chi connectivity index (χ3v) is 4.31. The summed E-state index contributed by atoms with van der Waals surface area (Å²) in [5.41, 5.74) is 2.75. The van der Waals surface area contributed by atoms with E-state index in [1.807, 2.05) is 49.9 Å². The second kappa shape index (κ2) is 7.15. The van der Waals surface area contributed by atoms with Crippen molar-refractivity contribution in [2.24, 2.45) is 7.05 Å². The molecule has 0 bridgehead atoms. The van der Waals surface area contributed by atoms with Crippen LogP contribution in [0.25, 0.3) is 11.0 Å². The molecule has 5 nitrogen and oxygen atoms in total.